The van der Waals surface area contributed by atoms with Crippen LogP contribution in [-0.2, 0) is 0 Å². The first-order chi connectivity index (χ1) is 4.57. The Bertz CT molecular complexity index is 114. The summed E-state index contributed by atoms with van der Waals surface area (Å²) in [7, 11) is 0. The maximum atomic E-state index is 5.07. The van der Waals surface area contributed by atoms with Crippen LogP contribution in [0.1, 0.15) is 20.8 Å². The van der Waals surface area contributed by atoms with Crippen molar-refractivity contribution in [1.29, 1.82) is 0 Å². The molecule has 60 valence electrons. The van der Waals surface area contributed by atoms with E-state index in [4.69, 9.17) is 18.1 Å². The molecule has 3 nitrogen and oxygen atoms in total. The second-order valence-corrected chi connectivity index (χ2v) is 3.06. The fourth-order valence-corrected chi connectivity index (χ4v) is 0.601. The largest absolute Gasteiger partial charge is 0.359 e. The van der Waals surface area contributed by atoms with E-state index in [-0.39, 0.29) is 0 Å². The molecule has 0 aliphatic heterocycles. The molecule has 0 aromatic heterocycles. The van der Waals surface area contributed by atoms with E-state index >= 15 is 0 Å². The molecule has 0 radical (unpaired) electrons. The lowest BCUT2D eigenvalue weighted by atomic mass is 10.1. The third-order valence-electron chi connectivity index (χ3n) is 1.49. The lowest BCUT2D eigenvalue weighted by molar-refractivity contribution is 0.485. The van der Waals surface area contributed by atoms with Crippen LogP contribution in [-0.4, -0.2) is 11.2 Å². The Kier molecular flexibility index (Phi) is 4.31. The second-order valence-electron chi connectivity index (χ2n) is 2.65. The molecule has 1 unspecified atom stereocenters. The van der Waals surface area contributed by atoms with Gasteiger partial charge in [0.15, 0.2) is 5.11 Å². The number of hydrazine groups is 1. The molecule has 0 spiro atoms. The zero-order chi connectivity index (χ0) is 8.15. The summed E-state index contributed by atoms with van der Waals surface area (Å²) in [6.45, 7) is 6.31. The molecule has 0 aromatic carbocycles. The summed E-state index contributed by atoms with van der Waals surface area (Å²) in [5, 5.41) is 3.53. The van der Waals surface area contributed by atoms with Crippen molar-refractivity contribution in [1.82, 2.24) is 10.7 Å². The first-order valence-electron chi connectivity index (χ1n) is 3.35. The predicted molar refractivity (Wildman–Crippen MR) is 47.4 cm³/mol. The van der Waals surface area contributed by atoms with Crippen molar-refractivity contribution in [2.75, 3.05) is 0 Å². The SMILES string of the molecule is CC(C)C(C)NC(=S)NN. The van der Waals surface area contributed by atoms with Gasteiger partial charge in [0, 0.05) is 6.04 Å². The summed E-state index contributed by atoms with van der Waals surface area (Å²) in [6, 6.07) is 0.364. The fourth-order valence-electron chi connectivity index (χ4n) is 0.415. The monoisotopic (exact) mass is 161 g/mol. The molecule has 4 N–H and O–H groups in total. The molecule has 0 aliphatic carbocycles. The van der Waals surface area contributed by atoms with Crippen LogP contribution in [0.25, 0.3) is 0 Å². The van der Waals surface area contributed by atoms with Crippen molar-refractivity contribution >= 4 is 17.3 Å². The number of hydrogen-bond donors (Lipinski definition) is 3. The topological polar surface area (TPSA) is 50.1 Å². The summed E-state index contributed by atoms with van der Waals surface area (Å²) in [4.78, 5) is 0. The Morgan fingerprint density at radius 3 is 2.20 bits per heavy atom. The van der Waals surface area contributed by atoms with Gasteiger partial charge in [-0.25, -0.2) is 5.84 Å². The minimum absolute atomic E-state index is 0.364. The van der Waals surface area contributed by atoms with Gasteiger partial charge < -0.3 is 10.7 Å². The molecule has 0 saturated carbocycles. The van der Waals surface area contributed by atoms with Crippen LogP contribution in [0.4, 0.5) is 0 Å². The molecule has 0 aliphatic rings. The number of thiocarbonyl (C=S) groups is 1. The Balaban J connectivity index is 3.57. The van der Waals surface area contributed by atoms with Gasteiger partial charge in [0.25, 0.3) is 0 Å². The third-order valence-corrected chi connectivity index (χ3v) is 1.73. The molecule has 4 heteroatoms. The fraction of sp³-hybridized carbons (Fsp3) is 0.833. The van der Waals surface area contributed by atoms with Gasteiger partial charge in [0.2, 0.25) is 0 Å². The molecule has 0 fully saturated rings. The molecule has 0 bridgehead atoms. The van der Waals surface area contributed by atoms with Gasteiger partial charge in [-0.3, -0.25) is 0 Å². The quantitative estimate of drug-likeness (QED) is 0.311. The first-order valence-corrected chi connectivity index (χ1v) is 3.76. The van der Waals surface area contributed by atoms with Crippen LogP contribution in [0.3, 0.4) is 0 Å². The normalized spacial score (nSPS) is 12.9. The van der Waals surface area contributed by atoms with Crippen molar-refractivity contribution < 1.29 is 0 Å². The van der Waals surface area contributed by atoms with E-state index in [0.717, 1.165) is 0 Å². The molecular weight excluding hydrogens is 146 g/mol. The van der Waals surface area contributed by atoms with E-state index in [9.17, 15) is 0 Å². The van der Waals surface area contributed by atoms with Gasteiger partial charge in [-0.2, -0.15) is 0 Å². The Morgan fingerprint density at radius 2 is 1.90 bits per heavy atom. The predicted octanol–water partition coefficient (Wildman–Crippen LogP) is 0.369. The Morgan fingerprint density at radius 1 is 1.40 bits per heavy atom. The zero-order valence-electron chi connectivity index (χ0n) is 6.64. The zero-order valence-corrected chi connectivity index (χ0v) is 7.46. The van der Waals surface area contributed by atoms with E-state index in [1.54, 1.807) is 0 Å². The van der Waals surface area contributed by atoms with Gasteiger partial charge in [-0.1, -0.05) is 13.8 Å². The summed E-state index contributed by atoms with van der Waals surface area (Å²) in [5.41, 5.74) is 2.37. The minimum atomic E-state index is 0.364. The van der Waals surface area contributed by atoms with E-state index in [0.29, 0.717) is 17.1 Å². The highest BCUT2D eigenvalue weighted by atomic mass is 32.1. The van der Waals surface area contributed by atoms with E-state index in [1.165, 1.54) is 0 Å². The summed E-state index contributed by atoms with van der Waals surface area (Å²) >= 11 is 4.80. The average molecular weight is 161 g/mol. The van der Waals surface area contributed by atoms with E-state index in [1.807, 2.05) is 0 Å². The Hall–Kier alpha value is -0.350. The lowest BCUT2D eigenvalue weighted by Gasteiger charge is -2.18. The first kappa shape index (κ1) is 9.65. The summed E-state index contributed by atoms with van der Waals surface area (Å²) in [5.74, 6) is 5.63. The van der Waals surface area contributed by atoms with Gasteiger partial charge in [-0.15, -0.1) is 0 Å². The maximum Gasteiger partial charge on any atom is 0.180 e. The second kappa shape index (κ2) is 4.46. The smallest absolute Gasteiger partial charge is 0.180 e. The van der Waals surface area contributed by atoms with Crippen LogP contribution in [0.5, 0.6) is 0 Å². The summed E-state index contributed by atoms with van der Waals surface area (Å²) < 4.78 is 0. The standard InChI is InChI=1S/C6H15N3S/c1-4(2)5(3)8-6(10)9-7/h4-5H,7H2,1-3H3,(H2,8,9,10). The number of nitrogens with one attached hydrogen (secondary N) is 2. The van der Waals surface area contributed by atoms with Crippen LogP contribution in [0.2, 0.25) is 0 Å². The molecule has 0 aromatic rings. The van der Waals surface area contributed by atoms with Crippen LogP contribution in [0, 0.1) is 5.92 Å². The van der Waals surface area contributed by atoms with Crippen molar-refractivity contribution in [2.24, 2.45) is 11.8 Å². The minimum Gasteiger partial charge on any atom is -0.359 e. The highest BCUT2D eigenvalue weighted by molar-refractivity contribution is 7.80. The van der Waals surface area contributed by atoms with Crippen molar-refractivity contribution in [2.45, 2.75) is 26.8 Å². The van der Waals surface area contributed by atoms with E-state index < -0.39 is 0 Å². The van der Waals surface area contributed by atoms with Gasteiger partial charge in [0.1, 0.15) is 0 Å². The highest BCUT2D eigenvalue weighted by Gasteiger charge is 2.06. The lowest BCUT2D eigenvalue weighted by Crippen LogP contribution is -2.45. The average Bonchev–Trinajstić information content (AvgIpc) is 1.87. The molecular formula is C6H15N3S. The number of hydrogen-bond acceptors (Lipinski definition) is 2. The van der Waals surface area contributed by atoms with Crippen molar-refractivity contribution in [3.05, 3.63) is 0 Å². The van der Waals surface area contributed by atoms with Crippen molar-refractivity contribution in [3.8, 4) is 0 Å². The highest BCUT2D eigenvalue weighted by Crippen LogP contribution is 1.98. The van der Waals surface area contributed by atoms with E-state index in [2.05, 4.69) is 31.5 Å². The van der Waals surface area contributed by atoms with Gasteiger partial charge in [-0.05, 0) is 25.1 Å². The molecule has 0 heterocycles. The third kappa shape index (κ3) is 3.63. The molecule has 0 amide bonds. The van der Waals surface area contributed by atoms with Crippen molar-refractivity contribution in [3.63, 3.8) is 0 Å². The van der Waals surface area contributed by atoms with Gasteiger partial charge >= 0.3 is 0 Å². The molecule has 0 saturated heterocycles. The molecule has 10 heavy (non-hydrogen) atoms. The van der Waals surface area contributed by atoms with Crippen LogP contribution < -0.4 is 16.6 Å². The molecule has 0 rings (SSSR count). The maximum absolute atomic E-state index is 5.07. The number of nitrogens with two attached hydrogens (primary N) is 1. The number of rotatable bonds is 2. The molecule has 1 atom stereocenters. The van der Waals surface area contributed by atoms with Crippen LogP contribution >= 0.6 is 12.2 Å². The Labute approximate surface area is 67.3 Å². The van der Waals surface area contributed by atoms with Crippen LogP contribution in [0.15, 0.2) is 0 Å². The summed E-state index contributed by atoms with van der Waals surface area (Å²) in [6.07, 6.45) is 0. The van der Waals surface area contributed by atoms with Gasteiger partial charge in [0.05, 0.1) is 0 Å².